The summed E-state index contributed by atoms with van der Waals surface area (Å²) >= 11 is 6.00. The highest BCUT2D eigenvalue weighted by Crippen LogP contribution is 2.38. The number of likely N-dealkylation sites (N-methyl/N-ethyl adjacent to an activating group) is 1. The highest BCUT2D eigenvalue weighted by molar-refractivity contribution is 6.31. The van der Waals surface area contributed by atoms with E-state index in [1.807, 2.05) is 6.92 Å². The minimum atomic E-state index is -2.52. The lowest BCUT2D eigenvalue weighted by Gasteiger charge is -2.34. The summed E-state index contributed by atoms with van der Waals surface area (Å²) in [5.74, 6) is -2.77. The highest BCUT2D eigenvalue weighted by Gasteiger charge is 2.37. The fourth-order valence-electron chi connectivity index (χ4n) is 3.08. The normalized spacial score (nSPS) is 20.4. The number of rotatable bonds is 5. The number of nitrogens with one attached hydrogen (secondary N) is 1. The molecule has 0 bridgehead atoms. The molecular formula is C16H21ClF3N. The molecule has 1 saturated carbocycles. The Labute approximate surface area is 128 Å². The van der Waals surface area contributed by atoms with Crippen LogP contribution in [0, 0.1) is 11.7 Å². The van der Waals surface area contributed by atoms with Crippen LogP contribution in [0.4, 0.5) is 13.2 Å². The Morgan fingerprint density at radius 1 is 1.33 bits per heavy atom. The fourth-order valence-corrected chi connectivity index (χ4v) is 3.28. The van der Waals surface area contributed by atoms with Crippen molar-refractivity contribution < 1.29 is 13.2 Å². The van der Waals surface area contributed by atoms with Gasteiger partial charge in [0.05, 0.1) is 5.02 Å². The molecule has 1 aliphatic rings. The van der Waals surface area contributed by atoms with Crippen LogP contribution in [0.1, 0.15) is 38.2 Å². The topological polar surface area (TPSA) is 12.0 Å². The van der Waals surface area contributed by atoms with Crippen molar-refractivity contribution >= 4 is 11.6 Å². The third-order valence-corrected chi connectivity index (χ3v) is 4.69. The Bertz CT molecular complexity index is 469. The molecule has 1 atom stereocenters. The van der Waals surface area contributed by atoms with Gasteiger partial charge in [0, 0.05) is 18.9 Å². The van der Waals surface area contributed by atoms with Gasteiger partial charge in [0.2, 0.25) is 5.92 Å². The third-order valence-electron chi connectivity index (χ3n) is 4.27. The molecule has 118 valence electrons. The molecule has 0 aromatic heterocycles. The van der Waals surface area contributed by atoms with E-state index in [0.29, 0.717) is 19.3 Å². The zero-order valence-electron chi connectivity index (χ0n) is 12.1. The highest BCUT2D eigenvalue weighted by atomic mass is 35.5. The van der Waals surface area contributed by atoms with Gasteiger partial charge in [0.1, 0.15) is 5.82 Å². The summed E-state index contributed by atoms with van der Waals surface area (Å²) in [5.41, 5.74) is 0.736. The predicted molar refractivity (Wildman–Crippen MR) is 79.5 cm³/mol. The molecule has 0 heterocycles. The van der Waals surface area contributed by atoms with E-state index in [2.05, 4.69) is 5.32 Å². The molecule has 2 rings (SSSR count). The average Bonchev–Trinajstić information content (AvgIpc) is 2.43. The molecule has 0 aliphatic heterocycles. The molecule has 1 N–H and O–H groups in total. The molecular weight excluding hydrogens is 299 g/mol. The molecule has 1 nitrogen and oxygen atoms in total. The van der Waals surface area contributed by atoms with E-state index < -0.39 is 11.7 Å². The molecule has 1 unspecified atom stereocenters. The summed E-state index contributed by atoms with van der Waals surface area (Å²) < 4.78 is 40.1. The molecule has 5 heteroatoms. The zero-order chi connectivity index (χ0) is 15.5. The summed E-state index contributed by atoms with van der Waals surface area (Å²) in [6.07, 6.45) is 1.45. The molecule has 1 fully saturated rings. The Morgan fingerprint density at radius 3 is 2.62 bits per heavy atom. The molecule has 0 saturated heterocycles. The molecule has 0 spiro atoms. The van der Waals surface area contributed by atoms with Crippen LogP contribution >= 0.6 is 11.6 Å². The number of hydrogen-bond acceptors (Lipinski definition) is 1. The van der Waals surface area contributed by atoms with E-state index in [9.17, 15) is 13.2 Å². The van der Waals surface area contributed by atoms with Crippen molar-refractivity contribution in [2.24, 2.45) is 5.92 Å². The van der Waals surface area contributed by atoms with E-state index in [1.165, 1.54) is 6.07 Å². The van der Waals surface area contributed by atoms with E-state index in [-0.39, 0.29) is 29.8 Å². The molecule has 1 aromatic carbocycles. The lowest BCUT2D eigenvalue weighted by Crippen LogP contribution is -2.41. The Hall–Kier alpha value is -0.740. The zero-order valence-corrected chi connectivity index (χ0v) is 12.9. The number of halogens is 4. The Balaban J connectivity index is 2.07. The molecule has 21 heavy (non-hydrogen) atoms. The van der Waals surface area contributed by atoms with Crippen LogP contribution in [0.5, 0.6) is 0 Å². The third kappa shape index (κ3) is 4.36. The van der Waals surface area contributed by atoms with Crippen LogP contribution in [-0.4, -0.2) is 18.5 Å². The summed E-state index contributed by atoms with van der Waals surface area (Å²) in [4.78, 5) is 0. The predicted octanol–water partition coefficient (Wildman–Crippen LogP) is 4.83. The van der Waals surface area contributed by atoms with Crippen LogP contribution in [-0.2, 0) is 6.42 Å². The van der Waals surface area contributed by atoms with Gasteiger partial charge < -0.3 is 5.32 Å². The van der Waals surface area contributed by atoms with Crippen molar-refractivity contribution in [1.29, 1.82) is 0 Å². The summed E-state index contributed by atoms with van der Waals surface area (Å²) in [6.45, 7) is 2.74. The first-order valence-electron chi connectivity index (χ1n) is 7.47. The maximum Gasteiger partial charge on any atom is 0.248 e. The SMILES string of the molecule is CCNC(Cc1cccc(F)c1Cl)C1CCC(F)(F)CC1. The van der Waals surface area contributed by atoms with Crippen molar-refractivity contribution in [3.63, 3.8) is 0 Å². The number of benzene rings is 1. The summed E-state index contributed by atoms with van der Waals surface area (Å²) in [5, 5.41) is 3.49. The molecule has 1 aromatic rings. The largest absolute Gasteiger partial charge is 0.314 e. The van der Waals surface area contributed by atoms with Crippen LogP contribution in [0.15, 0.2) is 18.2 Å². The second kappa shape index (κ2) is 7.01. The maximum absolute atomic E-state index is 13.5. The van der Waals surface area contributed by atoms with Gasteiger partial charge in [-0.15, -0.1) is 0 Å². The Morgan fingerprint density at radius 2 is 2.00 bits per heavy atom. The van der Waals surface area contributed by atoms with Gasteiger partial charge in [0.25, 0.3) is 0 Å². The van der Waals surface area contributed by atoms with Gasteiger partial charge >= 0.3 is 0 Å². The molecule has 1 aliphatic carbocycles. The standard InChI is InChI=1S/C16H21ClF3N/c1-2-21-14(11-6-8-16(19,20)9-7-11)10-12-4-3-5-13(18)15(12)17/h3-5,11,14,21H,2,6-10H2,1H3. The second-order valence-corrected chi connectivity index (χ2v) is 6.15. The van der Waals surface area contributed by atoms with Gasteiger partial charge in [-0.3, -0.25) is 0 Å². The van der Waals surface area contributed by atoms with Crippen molar-refractivity contribution in [2.45, 2.75) is 51.0 Å². The quantitative estimate of drug-likeness (QED) is 0.820. The summed E-state index contributed by atoms with van der Waals surface area (Å²) in [7, 11) is 0. The lowest BCUT2D eigenvalue weighted by molar-refractivity contribution is -0.0494. The summed E-state index contributed by atoms with van der Waals surface area (Å²) in [6, 6.07) is 4.82. The Kier molecular flexibility index (Phi) is 5.55. The first-order chi connectivity index (χ1) is 9.93. The van der Waals surface area contributed by atoms with E-state index in [1.54, 1.807) is 12.1 Å². The van der Waals surface area contributed by atoms with Crippen LogP contribution in [0.2, 0.25) is 5.02 Å². The minimum Gasteiger partial charge on any atom is -0.314 e. The first kappa shape index (κ1) is 16.6. The van der Waals surface area contributed by atoms with Gasteiger partial charge in [-0.2, -0.15) is 0 Å². The van der Waals surface area contributed by atoms with Gasteiger partial charge in [0.15, 0.2) is 0 Å². The van der Waals surface area contributed by atoms with Crippen molar-refractivity contribution in [3.8, 4) is 0 Å². The van der Waals surface area contributed by atoms with Crippen LogP contribution in [0.25, 0.3) is 0 Å². The van der Waals surface area contributed by atoms with E-state index in [4.69, 9.17) is 11.6 Å². The first-order valence-corrected chi connectivity index (χ1v) is 7.85. The van der Waals surface area contributed by atoms with Gasteiger partial charge in [-0.05, 0) is 43.4 Å². The van der Waals surface area contributed by atoms with Crippen molar-refractivity contribution in [3.05, 3.63) is 34.6 Å². The lowest BCUT2D eigenvalue weighted by atomic mass is 9.80. The van der Waals surface area contributed by atoms with Crippen LogP contribution in [0.3, 0.4) is 0 Å². The fraction of sp³-hybridized carbons (Fsp3) is 0.625. The maximum atomic E-state index is 13.5. The van der Waals surface area contributed by atoms with Crippen molar-refractivity contribution in [2.75, 3.05) is 6.54 Å². The number of alkyl halides is 2. The van der Waals surface area contributed by atoms with Crippen LogP contribution < -0.4 is 5.32 Å². The minimum absolute atomic E-state index is 0.0591. The second-order valence-electron chi connectivity index (χ2n) is 5.77. The average molecular weight is 320 g/mol. The van der Waals surface area contributed by atoms with Gasteiger partial charge in [-0.25, -0.2) is 13.2 Å². The van der Waals surface area contributed by atoms with E-state index >= 15 is 0 Å². The smallest absolute Gasteiger partial charge is 0.248 e. The number of hydrogen-bond donors (Lipinski definition) is 1. The van der Waals surface area contributed by atoms with Crippen molar-refractivity contribution in [1.82, 2.24) is 5.32 Å². The molecule has 0 radical (unpaired) electrons. The molecule has 0 amide bonds. The monoisotopic (exact) mass is 319 g/mol. The van der Waals surface area contributed by atoms with Gasteiger partial charge in [-0.1, -0.05) is 30.7 Å². The van der Waals surface area contributed by atoms with E-state index in [0.717, 1.165) is 12.1 Å².